The van der Waals surface area contributed by atoms with E-state index in [1.54, 1.807) is 0 Å². The molecule has 0 bridgehead atoms. The van der Waals surface area contributed by atoms with E-state index in [2.05, 4.69) is 5.32 Å². The minimum Gasteiger partial charge on any atom is -0.452 e. The zero-order chi connectivity index (χ0) is 28.5. The minimum atomic E-state index is -1.18. The smallest absolute Gasteiger partial charge is 0.416 e. The van der Waals surface area contributed by atoms with Crippen molar-refractivity contribution in [1.29, 1.82) is 5.41 Å². The summed E-state index contributed by atoms with van der Waals surface area (Å²) in [6.45, 7) is 0.474. The zero-order valence-corrected chi connectivity index (χ0v) is 22.6. The molecular weight excluding hydrogens is 506 g/mol. The van der Waals surface area contributed by atoms with Crippen LogP contribution in [0.25, 0.3) is 0 Å². The third-order valence-electron chi connectivity index (χ3n) is 7.10. The Morgan fingerprint density at radius 1 is 0.925 bits per heavy atom. The van der Waals surface area contributed by atoms with E-state index in [1.807, 2.05) is 91.0 Å². The van der Waals surface area contributed by atoms with E-state index in [4.69, 9.17) is 15.9 Å². The molecule has 3 aromatic carbocycles. The molecule has 9 nitrogen and oxygen atoms in total. The lowest BCUT2D eigenvalue weighted by atomic mass is 9.82. The van der Waals surface area contributed by atoms with Crippen molar-refractivity contribution < 1.29 is 19.1 Å². The fourth-order valence-corrected chi connectivity index (χ4v) is 5.02. The summed E-state index contributed by atoms with van der Waals surface area (Å²) in [6, 6.07) is 27.3. The third-order valence-corrected chi connectivity index (χ3v) is 7.10. The molecule has 0 unspecified atom stereocenters. The maximum Gasteiger partial charge on any atom is 0.416 e. The van der Waals surface area contributed by atoms with Crippen LogP contribution >= 0.6 is 0 Å². The number of hydrogen-bond donors (Lipinski definition) is 3. The van der Waals surface area contributed by atoms with Crippen molar-refractivity contribution in [3.63, 3.8) is 0 Å². The van der Waals surface area contributed by atoms with Crippen LogP contribution in [0, 0.1) is 5.41 Å². The zero-order valence-electron chi connectivity index (χ0n) is 22.6. The van der Waals surface area contributed by atoms with E-state index in [9.17, 15) is 14.4 Å². The Balaban J connectivity index is 1.36. The fraction of sp³-hybridized carbons (Fsp3) is 0.290. The van der Waals surface area contributed by atoms with Crippen LogP contribution in [0.15, 0.2) is 91.0 Å². The number of carbonyl (C=O) groups is 3. The molecular formula is C31H35N5O4. The summed E-state index contributed by atoms with van der Waals surface area (Å²) < 4.78 is 4.83. The Hall–Kier alpha value is -4.50. The predicted molar refractivity (Wildman–Crippen MR) is 152 cm³/mol. The first kappa shape index (κ1) is 28.5. The highest BCUT2D eigenvalue weighted by molar-refractivity contribution is 6.10. The number of rotatable bonds is 11. The fourth-order valence-electron chi connectivity index (χ4n) is 5.02. The number of guanidine groups is 1. The van der Waals surface area contributed by atoms with E-state index in [0.717, 1.165) is 21.6 Å². The molecule has 0 aliphatic carbocycles. The maximum absolute atomic E-state index is 13.8. The van der Waals surface area contributed by atoms with Gasteiger partial charge in [-0.25, -0.2) is 9.69 Å². The standard InChI is InChI=1S/C31H35N5O4/c1-40-30(39)35(27(37)26(32)22-23-14-6-2-7-15-23)20-12-5-13-21-36-28(38)31(34-29(36)33,24-16-8-3-9-17-24)25-18-10-4-11-19-25/h2-4,6-11,14-19,26H,5,12-13,20-22,32H2,1H3,(H2,33,34)/t26-/m0/s1. The highest BCUT2D eigenvalue weighted by Crippen LogP contribution is 2.35. The van der Waals surface area contributed by atoms with Gasteiger partial charge in [0.05, 0.1) is 13.2 Å². The van der Waals surface area contributed by atoms with Crippen LogP contribution in [0.2, 0.25) is 0 Å². The van der Waals surface area contributed by atoms with Gasteiger partial charge in [0.25, 0.3) is 5.91 Å². The monoisotopic (exact) mass is 541 g/mol. The van der Waals surface area contributed by atoms with Crippen LogP contribution in [-0.2, 0) is 26.3 Å². The number of ether oxygens (including phenoxy) is 1. The highest BCUT2D eigenvalue weighted by atomic mass is 16.5. The Morgan fingerprint density at radius 3 is 2.02 bits per heavy atom. The van der Waals surface area contributed by atoms with Gasteiger partial charge < -0.3 is 15.8 Å². The van der Waals surface area contributed by atoms with Gasteiger partial charge in [0, 0.05) is 13.1 Å². The van der Waals surface area contributed by atoms with Crippen LogP contribution in [-0.4, -0.2) is 59.9 Å². The number of imide groups is 1. The quantitative estimate of drug-likeness (QED) is 0.318. The summed E-state index contributed by atoms with van der Waals surface area (Å²) in [5, 5.41) is 11.7. The van der Waals surface area contributed by atoms with Crippen LogP contribution in [0.1, 0.15) is 36.0 Å². The molecule has 0 spiro atoms. The van der Waals surface area contributed by atoms with Gasteiger partial charge in [0.15, 0.2) is 11.5 Å². The molecule has 0 aromatic heterocycles. The Bertz CT molecular complexity index is 1280. The largest absolute Gasteiger partial charge is 0.452 e. The molecule has 9 heteroatoms. The van der Waals surface area contributed by atoms with Crippen molar-refractivity contribution >= 4 is 23.9 Å². The topological polar surface area (TPSA) is 129 Å². The van der Waals surface area contributed by atoms with Gasteiger partial charge >= 0.3 is 6.09 Å². The molecule has 0 radical (unpaired) electrons. The average Bonchev–Trinajstić information content (AvgIpc) is 3.25. The molecule has 1 heterocycles. The second-order valence-corrected chi connectivity index (χ2v) is 9.73. The molecule has 4 rings (SSSR count). The van der Waals surface area contributed by atoms with E-state index in [0.29, 0.717) is 32.2 Å². The van der Waals surface area contributed by atoms with Crippen molar-refractivity contribution in [3.05, 3.63) is 108 Å². The van der Waals surface area contributed by atoms with Gasteiger partial charge in [-0.15, -0.1) is 0 Å². The summed E-state index contributed by atoms with van der Waals surface area (Å²) in [4.78, 5) is 41.7. The van der Waals surface area contributed by atoms with Gasteiger partial charge in [0.1, 0.15) is 0 Å². The van der Waals surface area contributed by atoms with Gasteiger partial charge in [0.2, 0.25) is 5.91 Å². The van der Waals surface area contributed by atoms with Crippen LogP contribution in [0.3, 0.4) is 0 Å². The number of unbranched alkanes of at least 4 members (excludes halogenated alkanes) is 2. The minimum absolute atomic E-state index is 0.0379. The summed E-state index contributed by atoms with van der Waals surface area (Å²) in [5.74, 6) is -0.670. The summed E-state index contributed by atoms with van der Waals surface area (Å²) >= 11 is 0. The van der Waals surface area contributed by atoms with Crippen molar-refractivity contribution in [2.24, 2.45) is 5.73 Å². The average molecular weight is 542 g/mol. The van der Waals surface area contributed by atoms with Gasteiger partial charge in [-0.2, -0.15) is 0 Å². The van der Waals surface area contributed by atoms with Crippen LogP contribution in [0.5, 0.6) is 0 Å². The van der Waals surface area contributed by atoms with E-state index in [-0.39, 0.29) is 18.4 Å². The SMILES string of the molecule is COC(=O)N(CCCCCN1C(=N)NC(c2ccccc2)(c2ccccc2)C1=O)C(=O)[C@@H](N)Cc1ccccc1. The summed E-state index contributed by atoms with van der Waals surface area (Å²) in [7, 11) is 1.23. The Morgan fingerprint density at radius 2 is 1.48 bits per heavy atom. The lowest BCUT2D eigenvalue weighted by Crippen LogP contribution is -2.48. The van der Waals surface area contributed by atoms with Crippen LogP contribution < -0.4 is 11.1 Å². The van der Waals surface area contributed by atoms with Gasteiger partial charge in [-0.05, 0) is 42.4 Å². The Labute approximate surface area is 234 Å². The number of methoxy groups -OCH3 is 1. The second kappa shape index (κ2) is 13.0. The molecule has 1 atom stereocenters. The molecule has 4 N–H and O–H groups in total. The van der Waals surface area contributed by atoms with Crippen LogP contribution in [0.4, 0.5) is 4.79 Å². The van der Waals surface area contributed by atoms with Crippen molar-refractivity contribution in [1.82, 2.24) is 15.1 Å². The lowest BCUT2D eigenvalue weighted by Gasteiger charge is -2.28. The van der Waals surface area contributed by atoms with Crippen molar-refractivity contribution in [3.8, 4) is 0 Å². The number of nitrogens with one attached hydrogen (secondary N) is 2. The molecule has 40 heavy (non-hydrogen) atoms. The molecule has 1 aliphatic heterocycles. The molecule has 0 saturated carbocycles. The number of nitrogens with two attached hydrogens (primary N) is 1. The lowest BCUT2D eigenvalue weighted by molar-refractivity contribution is -0.131. The first-order valence-corrected chi connectivity index (χ1v) is 13.4. The van der Waals surface area contributed by atoms with E-state index >= 15 is 0 Å². The molecule has 1 fully saturated rings. The molecule has 1 aliphatic rings. The first-order valence-electron chi connectivity index (χ1n) is 13.4. The van der Waals surface area contributed by atoms with E-state index < -0.39 is 23.6 Å². The molecule has 208 valence electrons. The van der Waals surface area contributed by atoms with Gasteiger partial charge in [-0.3, -0.25) is 19.9 Å². The molecule has 1 saturated heterocycles. The van der Waals surface area contributed by atoms with E-state index in [1.165, 1.54) is 12.0 Å². The number of carbonyl (C=O) groups excluding carboxylic acids is 3. The Kier molecular flexibility index (Phi) is 9.29. The van der Waals surface area contributed by atoms with Gasteiger partial charge in [-0.1, -0.05) is 91.0 Å². The molecule has 3 aromatic rings. The molecule has 3 amide bonds. The van der Waals surface area contributed by atoms with Crippen molar-refractivity contribution in [2.75, 3.05) is 20.2 Å². The number of amides is 3. The second-order valence-electron chi connectivity index (χ2n) is 9.73. The van der Waals surface area contributed by atoms with Crippen molar-refractivity contribution in [2.45, 2.75) is 37.3 Å². The summed E-state index contributed by atoms with van der Waals surface area (Å²) in [6.07, 6.45) is 1.27. The normalized spacial score (nSPS) is 14.9. The number of nitrogens with zero attached hydrogens (tertiary/aromatic N) is 2. The predicted octanol–water partition coefficient (Wildman–Crippen LogP) is 3.63. The summed E-state index contributed by atoms with van der Waals surface area (Å²) in [5.41, 5.74) is 7.38. The third kappa shape index (κ3) is 6.05. The highest BCUT2D eigenvalue weighted by Gasteiger charge is 2.51. The first-order chi connectivity index (χ1) is 19.4. The maximum atomic E-state index is 13.8. The number of benzene rings is 3. The number of hydrogen-bond acceptors (Lipinski definition) is 6.